The predicted molar refractivity (Wildman–Crippen MR) is 78.9 cm³/mol. The van der Waals surface area contributed by atoms with E-state index in [0.717, 1.165) is 17.4 Å². The number of nitrogens with two attached hydrogens (primary N) is 1. The Hall–Kier alpha value is -1.93. The number of hydrazine groups is 1. The maximum Gasteiger partial charge on any atom is 0.255 e. The van der Waals surface area contributed by atoms with Gasteiger partial charge in [-0.15, -0.1) is 0 Å². The molecule has 0 fully saturated rings. The van der Waals surface area contributed by atoms with Gasteiger partial charge in [0.15, 0.2) is 5.82 Å². The fourth-order valence-corrected chi connectivity index (χ4v) is 2.03. The van der Waals surface area contributed by atoms with Crippen molar-refractivity contribution in [2.45, 2.75) is 13.0 Å². The number of hydrogen-bond donors (Lipinski definition) is 3. The fraction of sp³-hybridized carbons (Fsp3) is 0.250. The first kappa shape index (κ1) is 14.5. The predicted octanol–water partition coefficient (Wildman–Crippen LogP) is 1.15. The zero-order chi connectivity index (χ0) is 14.4. The highest BCUT2D eigenvalue weighted by Crippen LogP contribution is 2.16. The summed E-state index contributed by atoms with van der Waals surface area (Å²) in [5.41, 5.74) is 2.81. The lowest BCUT2D eigenvalue weighted by Crippen LogP contribution is -2.27. The van der Waals surface area contributed by atoms with E-state index >= 15 is 0 Å². The van der Waals surface area contributed by atoms with Crippen LogP contribution in [-0.4, -0.2) is 27.2 Å². The van der Waals surface area contributed by atoms with E-state index in [9.17, 15) is 4.79 Å². The molecule has 1 amide bonds. The Morgan fingerprint density at radius 1 is 1.50 bits per heavy atom. The number of aromatic nitrogens is 3. The molecule has 8 heteroatoms. The van der Waals surface area contributed by atoms with Crippen LogP contribution in [0.1, 0.15) is 16.8 Å². The first-order valence-electron chi connectivity index (χ1n) is 6.08. The number of carbonyl (C=O) groups excluding carboxylic acids is 1. The third kappa shape index (κ3) is 3.78. The lowest BCUT2D eigenvalue weighted by atomic mass is 10.2. The smallest absolute Gasteiger partial charge is 0.255 e. The molecule has 0 saturated heterocycles. The van der Waals surface area contributed by atoms with Crippen LogP contribution >= 0.6 is 15.9 Å². The lowest BCUT2D eigenvalue weighted by molar-refractivity contribution is 0.0953. The summed E-state index contributed by atoms with van der Waals surface area (Å²) in [6.07, 6.45) is 5.98. The summed E-state index contributed by atoms with van der Waals surface area (Å²) in [6.45, 7) is 1.31. The number of hydrogen-bond acceptors (Lipinski definition) is 5. The second kappa shape index (κ2) is 7.01. The number of carbonyl (C=O) groups is 1. The average Bonchev–Trinajstić information content (AvgIpc) is 2.96. The van der Waals surface area contributed by atoms with E-state index in [4.69, 9.17) is 5.84 Å². The van der Waals surface area contributed by atoms with Crippen molar-refractivity contribution in [1.82, 2.24) is 20.1 Å². The molecule has 0 aliphatic carbocycles. The second-order valence-electron chi connectivity index (χ2n) is 4.07. The molecule has 0 atom stereocenters. The molecule has 0 bridgehead atoms. The molecule has 0 aromatic carbocycles. The molecule has 0 aliphatic rings. The van der Waals surface area contributed by atoms with Crippen LogP contribution in [0.5, 0.6) is 0 Å². The minimum absolute atomic E-state index is 0.216. The van der Waals surface area contributed by atoms with Gasteiger partial charge in [-0.1, -0.05) is 0 Å². The number of nitrogen functional groups attached to an aromatic ring is 1. The largest absolute Gasteiger partial charge is 0.352 e. The molecule has 2 rings (SSSR count). The van der Waals surface area contributed by atoms with E-state index in [1.165, 1.54) is 0 Å². The minimum Gasteiger partial charge on any atom is -0.352 e. The van der Waals surface area contributed by atoms with Crippen molar-refractivity contribution in [3.63, 3.8) is 0 Å². The van der Waals surface area contributed by atoms with Crippen LogP contribution in [0.25, 0.3) is 0 Å². The van der Waals surface area contributed by atoms with Gasteiger partial charge in [0, 0.05) is 36.2 Å². The van der Waals surface area contributed by atoms with Gasteiger partial charge in [-0.3, -0.25) is 9.48 Å². The summed E-state index contributed by atoms with van der Waals surface area (Å²) in [6, 6.07) is 3.54. The summed E-state index contributed by atoms with van der Waals surface area (Å²) < 4.78 is 2.54. The number of halogens is 1. The first-order valence-corrected chi connectivity index (χ1v) is 6.88. The molecular weight excluding hydrogens is 324 g/mol. The van der Waals surface area contributed by atoms with Gasteiger partial charge in [-0.2, -0.15) is 5.10 Å². The number of nitrogens with one attached hydrogen (secondary N) is 2. The van der Waals surface area contributed by atoms with E-state index in [0.29, 0.717) is 17.9 Å². The summed E-state index contributed by atoms with van der Waals surface area (Å²) in [5, 5.41) is 6.92. The third-order valence-electron chi connectivity index (χ3n) is 2.64. The molecule has 106 valence electrons. The second-order valence-corrected chi connectivity index (χ2v) is 4.99. The summed E-state index contributed by atoms with van der Waals surface area (Å²) in [5.74, 6) is 5.47. The maximum atomic E-state index is 12.0. The highest BCUT2D eigenvalue weighted by molar-refractivity contribution is 9.10. The van der Waals surface area contributed by atoms with Crippen molar-refractivity contribution >= 4 is 27.7 Å². The summed E-state index contributed by atoms with van der Waals surface area (Å²) in [4.78, 5) is 16.1. The molecule has 0 aliphatic heterocycles. The molecule has 0 unspecified atom stereocenters. The number of aryl methyl sites for hydroxylation is 1. The Morgan fingerprint density at radius 2 is 2.35 bits per heavy atom. The molecule has 4 N–H and O–H groups in total. The van der Waals surface area contributed by atoms with Crippen LogP contribution in [0.3, 0.4) is 0 Å². The van der Waals surface area contributed by atoms with Gasteiger partial charge in [0.2, 0.25) is 0 Å². The summed E-state index contributed by atoms with van der Waals surface area (Å²) in [7, 11) is 0. The van der Waals surface area contributed by atoms with E-state index in [1.807, 2.05) is 16.9 Å². The van der Waals surface area contributed by atoms with Crippen LogP contribution in [0, 0.1) is 0 Å². The van der Waals surface area contributed by atoms with Gasteiger partial charge in [0.25, 0.3) is 5.91 Å². The molecule has 7 nitrogen and oxygen atoms in total. The molecule has 2 aromatic heterocycles. The van der Waals surface area contributed by atoms with Gasteiger partial charge >= 0.3 is 0 Å². The van der Waals surface area contributed by atoms with Crippen molar-refractivity contribution in [3.8, 4) is 0 Å². The lowest BCUT2D eigenvalue weighted by Gasteiger charge is -2.09. The number of rotatable bonds is 6. The minimum atomic E-state index is -0.216. The van der Waals surface area contributed by atoms with Gasteiger partial charge in [-0.25, -0.2) is 10.8 Å². The molecule has 0 spiro atoms. The Morgan fingerprint density at radius 3 is 3.05 bits per heavy atom. The van der Waals surface area contributed by atoms with Crippen molar-refractivity contribution in [1.29, 1.82) is 0 Å². The highest BCUT2D eigenvalue weighted by Gasteiger charge is 2.12. The zero-order valence-corrected chi connectivity index (χ0v) is 12.3. The van der Waals surface area contributed by atoms with Crippen molar-refractivity contribution in [2.24, 2.45) is 5.84 Å². The molecule has 0 radical (unpaired) electrons. The standard InChI is InChI=1S/C12H15BrN6O/c13-9-7-10(11(18-14)16-8-9)12(20)15-3-1-5-19-6-2-4-17-19/h2,4,6-8H,1,3,5,14H2,(H,15,20)(H,16,18). The normalized spacial score (nSPS) is 10.3. The van der Waals surface area contributed by atoms with Crippen molar-refractivity contribution < 1.29 is 4.79 Å². The molecule has 2 heterocycles. The first-order chi connectivity index (χ1) is 9.70. The monoisotopic (exact) mass is 338 g/mol. The van der Waals surface area contributed by atoms with Crippen molar-refractivity contribution in [2.75, 3.05) is 12.0 Å². The average molecular weight is 339 g/mol. The Labute approximate surface area is 124 Å². The SMILES string of the molecule is NNc1ncc(Br)cc1C(=O)NCCCn1cccn1. The van der Waals surface area contributed by atoms with Crippen molar-refractivity contribution in [3.05, 3.63) is 40.8 Å². The van der Waals surface area contributed by atoms with E-state index in [1.54, 1.807) is 18.5 Å². The molecule has 2 aromatic rings. The van der Waals surface area contributed by atoms with E-state index in [-0.39, 0.29) is 5.91 Å². The maximum absolute atomic E-state index is 12.0. The Bertz CT molecular complexity index is 571. The third-order valence-corrected chi connectivity index (χ3v) is 3.08. The quantitative estimate of drug-likeness (QED) is 0.417. The molecule has 20 heavy (non-hydrogen) atoms. The van der Waals surface area contributed by atoms with Crippen LogP contribution in [0.4, 0.5) is 5.82 Å². The number of nitrogens with zero attached hydrogens (tertiary/aromatic N) is 3. The highest BCUT2D eigenvalue weighted by atomic mass is 79.9. The van der Waals surface area contributed by atoms with Gasteiger partial charge in [0.1, 0.15) is 0 Å². The van der Waals surface area contributed by atoms with E-state index < -0.39 is 0 Å². The van der Waals surface area contributed by atoms with Gasteiger partial charge in [0.05, 0.1) is 5.56 Å². The summed E-state index contributed by atoms with van der Waals surface area (Å²) >= 11 is 3.28. The Balaban J connectivity index is 1.87. The van der Waals surface area contributed by atoms with E-state index in [2.05, 4.69) is 36.8 Å². The van der Waals surface area contributed by atoms with Crippen LogP contribution in [-0.2, 0) is 6.54 Å². The number of anilines is 1. The number of amides is 1. The Kier molecular flexibility index (Phi) is 5.08. The van der Waals surface area contributed by atoms with Crippen LogP contribution in [0.15, 0.2) is 35.2 Å². The van der Waals surface area contributed by atoms with Gasteiger partial charge in [-0.05, 0) is 34.5 Å². The van der Waals surface area contributed by atoms with Gasteiger partial charge < -0.3 is 10.7 Å². The topological polar surface area (TPSA) is 97.9 Å². The zero-order valence-electron chi connectivity index (χ0n) is 10.7. The molecule has 0 saturated carbocycles. The number of pyridine rings is 1. The van der Waals surface area contributed by atoms with Crippen LogP contribution in [0.2, 0.25) is 0 Å². The van der Waals surface area contributed by atoms with Crippen LogP contribution < -0.4 is 16.6 Å². The fourth-order valence-electron chi connectivity index (χ4n) is 1.70. The molecular formula is C12H15BrN6O.